The second kappa shape index (κ2) is 6.68. The van der Waals surface area contributed by atoms with Crippen molar-refractivity contribution in [1.29, 1.82) is 0 Å². The highest BCUT2D eigenvalue weighted by Gasteiger charge is 2.27. The molecular formula is C15H25N3O. The van der Waals surface area contributed by atoms with Gasteiger partial charge >= 0.3 is 0 Å². The van der Waals surface area contributed by atoms with Crippen LogP contribution in [0.3, 0.4) is 0 Å². The van der Waals surface area contributed by atoms with Gasteiger partial charge in [-0.15, -0.1) is 0 Å². The van der Waals surface area contributed by atoms with Crippen molar-refractivity contribution in [2.75, 3.05) is 19.4 Å². The number of nitrogens with one attached hydrogen (secondary N) is 1. The Balaban J connectivity index is 2.84. The lowest BCUT2D eigenvalue weighted by atomic mass is 9.96. The second-order valence-electron chi connectivity index (χ2n) is 5.52. The maximum absolute atomic E-state index is 12.2. The van der Waals surface area contributed by atoms with E-state index in [-0.39, 0.29) is 5.91 Å². The number of para-hydroxylation sites is 1. The molecule has 1 amide bonds. The van der Waals surface area contributed by atoms with Crippen LogP contribution >= 0.6 is 0 Å². The van der Waals surface area contributed by atoms with Crippen LogP contribution in [0.15, 0.2) is 24.3 Å². The molecule has 4 heteroatoms. The van der Waals surface area contributed by atoms with Gasteiger partial charge in [-0.2, -0.15) is 0 Å². The van der Waals surface area contributed by atoms with E-state index in [0.717, 1.165) is 24.2 Å². The zero-order valence-electron chi connectivity index (χ0n) is 12.4. The van der Waals surface area contributed by atoms with Crippen LogP contribution in [0.5, 0.6) is 0 Å². The van der Waals surface area contributed by atoms with E-state index in [1.807, 2.05) is 45.3 Å². The first-order chi connectivity index (χ1) is 8.86. The fourth-order valence-electron chi connectivity index (χ4n) is 2.02. The lowest BCUT2D eigenvalue weighted by Crippen LogP contribution is -2.48. The largest absolute Gasteiger partial charge is 0.324 e. The molecular weight excluding hydrogens is 238 g/mol. The first-order valence-corrected chi connectivity index (χ1v) is 6.70. The maximum atomic E-state index is 12.2. The molecule has 19 heavy (non-hydrogen) atoms. The summed E-state index contributed by atoms with van der Waals surface area (Å²) in [6, 6.07) is 7.83. The van der Waals surface area contributed by atoms with Gasteiger partial charge in [-0.05, 0) is 39.1 Å². The molecule has 0 fully saturated rings. The van der Waals surface area contributed by atoms with Crippen molar-refractivity contribution in [2.45, 2.75) is 38.8 Å². The number of carbonyl (C=O) groups is 1. The third kappa shape index (κ3) is 4.65. The quantitative estimate of drug-likeness (QED) is 0.827. The van der Waals surface area contributed by atoms with Gasteiger partial charge in [-0.3, -0.25) is 4.79 Å². The minimum Gasteiger partial charge on any atom is -0.324 e. The Morgan fingerprint density at radius 1 is 1.37 bits per heavy atom. The third-order valence-corrected chi connectivity index (χ3v) is 3.04. The molecule has 0 heterocycles. The van der Waals surface area contributed by atoms with Gasteiger partial charge in [0.1, 0.15) is 0 Å². The highest BCUT2D eigenvalue weighted by molar-refractivity contribution is 5.98. The van der Waals surface area contributed by atoms with Gasteiger partial charge in [-0.1, -0.05) is 31.5 Å². The molecule has 0 saturated carbocycles. The van der Waals surface area contributed by atoms with E-state index in [9.17, 15) is 4.79 Å². The van der Waals surface area contributed by atoms with Gasteiger partial charge in [0, 0.05) is 12.2 Å². The summed E-state index contributed by atoms with van der Waals surface area (Å²) in [7, 11) is 4.01. The Bertz CT molecular complexity index is 427. The molecule has 0 radical (unpaired) electrons. The van der Waals surface area contributed by atoms with Crippen molar-refractivity contribution in [2.24, 2.45) is 5.73 Å². The lowest BCUT2D eigenvalue weighted by Gasteiger charge is -2.24. The number of anilines is 1. The SMILES string of the molecule is CCCC(C)(N)C(=O)Nc1ccccc1CN(C)C. The van der Waals surface area contributed by atoms with Crippen LogP contribution in [-0.4, -0.2) is 30.4 Å². The van der Waals surface area contributed by atoms with Crippen LogP contribution in [0.25, 0.3) is 0 Å². The van der Waals surface area contributed by atoms with E-state index in [2.05, 4.69) is 10.2 Å². The molecule has 3 N–H and O–H groups in total. The molecule has 1 aromatic rings. The first-order valence-electron chi connectivity index (χ1n) is 6.70. The number of hydrogen-bond acceptors (Lipinski definition) is 3. The topological polar surface area (TPSA) is 58.4 Å². The monoisotopic (exact) mass is 263 g/mol. The summed E-state index contributed by atoms with van der Waals surface area (Å²) < 4.78 is 0. The number of nitrogens with two attached hydrogens (primary N) is 1. The van der Waals surface area contributed by atoms with Gasteiger partial charge < -0.3 is 16.0 Å². The zero-order chi connectivity index (χ0) is 14.5. The van der Waals surface area contributed by atoms with Crippen LogP contribution in [0, 0.1) is 0 Å². The number of benzene rings is 1. The van der Waals surface area contributed by atoms with E-state index < -0.39 is 5.54 Å². The minimum absolute atomic E-state index is 0.124. The number of nitrogens with zero attached hydrogens (tertiary/aromatic N) is 1. The number of carbonyl (C=O) groups excluding carboxylic acids is 1. The summed E-state index contributed by atoms with van der Waals surface area (Å²) in [4.78, 5) is 14.3. The van der Waals surface area contributed by atoms with Crippen LogP contribution in [0.1, 0.15) is 32.3 Å². The van der Waals surface area contributed by atoms with Crippen molar-refractivity contribution in [1.82, 2.24) is 4.90 Å². The van der Waals surface area contributed by atoms with E-state index in [1.54, 1.807) is 6.92 Å². The van der Waals surface area contributed by atoms with Crippen LogP contribution in [-0.2, 0) is 11.3 Å². The molecule has 1 atom stereocenters. The highest BCUT2D eigenvalue weighted by Crippen LogP contribution is 2.19. The van der Waals surface area contributed by atoms with Crippen molar-refractivity contribution < 1.29 is 4.79 Å². The predicted octanol–water partition coefficient (Wildman–Crippen LogP) is 2.20. The van der Waals surface area contributed by atoms with Gasteiger partial charge in [0.2, 0.25) is 5.91 Å². The zero-order valence-corrected chi connectivity index (χ0v) is 12.4. The van der Waals surface area contributed by atoms with E-state index in [1.165, 1.54) is 0 Å². The molecule has 0 bridgehead atoms. The molecule has 1 rings (SSSR count). The minimum atomic E-state index is -0.819. The van der Waals surface area contributed by atoms with Crippen molar-refractivity contribution in [3.8, 4) is 0 Å². The lowest BCUT2D eigenvalue weighted by molar-refractivity contribution is -0.120. The molecule has 0 spiro atoms. The number of amides is 1. The maximum Gasteiger partial charge on any atom is 0.244 e. The molecule has 0 aliphatic heterocycles. The van der Waals surface area contributed by atoms with Crippen LogP contribution < -0.4 is 11.1 Å². The summed E-state index contributed by atoms with van der Waals surface area (Å²) in [5.41, 5.74) is 7.16. The Morgan fingerprint density at radius 3 is 2.58 bits per heavy atom. The summed E-state index contributed by atoms with van der Waals surface area (Å²) in [6.45, 7) is 4.59. The fraction of sp³-hybridized carbons (Fsp3) is 0.533. The Hall–Kier alpha value is -1.39. The highest BCUT2D eigenvalue weighted by atomic mass is 16.2. The van der Waals surface area contributed by atoms with Gasteiger partial charge in [-0.25, -0.2) is 0 Å². The fourth-order valence-corrected chi connectivity index (χ4v) is 2.02. The Kier molecular flexibility index (Phi) is 5.51. The number of rotatable bonds is 6. The van der Waals surface area contributed by atoms with Crippen molar-refractivity contribution in [3.05, 3.63) is 29.8 Å². The predicted molar refractivity (Wildman–Crippen MR) is 80.0 cm³/mol. The molecule has 4 nitrogen and oxygen atoms in total. The summed E-state index contributed by atoms with van der Waals surface area (Å²) in [5, 5.41) is 2.95. The molecule has 0 aromatic heterocycles. The van der Waals surface area contributed by atoms with Crippen LogP contribution in [0.4, 0.5) is 5.69 Å². The van der Waals surface area contributed by atoms with Gasteiger partial charge in [0.25, 0.3) is 0 Å². The molecule has 0 aliphatic carbocycles. The van der Waals surface area contributed by atoms with Crippen LogP contribution in [0.2, 0.25) is 0 Å². The third-order valence-electron chi connectivity index (χ3n) is 3.04. The first kappa shape index (κ1) is 15.7. The molecule has 1 aromatic carbocycles. The summed E-state index contributed by atoms with van der Waals surface area (Å²) in [5.74, 6) is -0.124. The summed E-state index contributed by atoms with van der Waals surface area (Å²) >= 11 is 0. The average Bonchev–Trinajstić information content (AvgIpc) is 2.30. The van der Waals surface area contributed by atoms with Crippen molar-refractivity contribution in [3.63, 3.8) is 0 Å². The Morgan fingerprint density at radius 2 is 2.00 bits per heavy atom. The van der Waals surface area contributed by atoms with E-state index >= 15 is 0 Å². The summed E-state index contributed by atoms with van der Waals surface area (Å²) in [6.07, 6.45) is 1.56. The molecule has 1 unspecified atom stereocenters. The van der Waals surface area contributed by atoms with Gasteiger partial charge in [0.05, 0.1) is 5.54 Å². The standard InChI is InChI=1S/C15H25N3O/c1-5-10-15(2,16)14(19)17-13-9-7-6-8-12(13)11-18(3)4/h6-9H,5,10-11,16H2,1-4H3,(H,17,19). The van der Waals surface area contributed by atoms with E-state index in [4.69, 9.17) is 5.73 Å². The van der Waals surface area contributed by atoms with Gasteiger partial charge in [0.15, 0.2) is 0 Å². The Labute approximate surface area is 116 Å². The normalized spacial score (nSPS) is 14.2. The molecule has 106 valence electrons. The van der Waals surface area contributed by atoms with Crippen molar-refractivity contribution >= 4 is 11.6 Å². The second-order valence-corrected chi connectivity index (χ2v) is 5.52. The molecule has 0 aliphatic rings. The number of hydrogen-bond donors (Lipinski definition) is 2. The average molecular weight is 263 g/mol. The van der Waals surface area contributed by atoms with E-state index in [0.29, 0.717) is 6.42 Å². The molecule has 0 saturated heterocycles. The smallest absolute Gasteiger partial charge is 0.244 e.